The first-order chi connectivity index (χ1) is 15.4. The molecule has 0 bridgehead atoms. The summed E-state index contributed by atoms with van der Waals surface area (Å²) in [6, 6.07) is 5.09. The fraction of sp³-hybridized carbons (Fsp3) is 0.679. The third kappa shape index (κ3) is 20.1. The number of hydrogen-bond acceptors (Lipinski definition) is 1. The van der Waals surface area contributed by atoms with Gasteiger partial charge in [-0.1, -0.05) is 108 Å². The van der Waals surface area contributed by atoms with Crippen molar-refractivity contribution >= 4 is 17.4 Å². The monoisotopic (exact) mass is 455 g/mol. The zero-order chi connectivity index (χ0) is 25.9. The third-order valence-corrected chi connectivity index (χ3v) is 4.15. The molecule has 0 spiro atoms. The highest BCUT2D eigenvalue weighted by Gasteiger charge is 2.10. The van der Waals surface area contributed by atoms with Crippen molar-refractivity contribution in [2.24, 2.45) is 13.0 Å². The zero-order valence-electron chi connectivity index (χ0n) is 23.1. The molecule has 0 aliphatic rings. The van der Waals surface area contributed by atoms with Crippen LogP contribution in [0, 0.1) is 11.7 Å². The summed E-state index contributed by atoms with van der Waals surface area (Å²) in [5.74, 6) is 0.537. The van der Waals surface area contributed by atoms with Crippen LogP contribution in [0.4, 0.5) is 4.39 Å². The Morgan fingerprint density at radius 2 is 1.47 bits per heavy atom. The number of benzene rings is 1. The third-order valence-electron chi connectivity index (χ3n) is 4.15. The maximum absolute atomic E-state index is 13.2. The van der Waals surface area contributed by atoms with Crippen molar-refractivity contribution in [3.8, 4) is 0 Å². The van der Waals surface area contributed by atoms with Crippen molar-refractivity contribution in [3.63, 3.8) is 0 Å². The van der Waals surface area contributed by atoms with E-state index in [-0.39, 0.29) is 12.3 Å². The average Bonchev–Trinajstić information content (AvgIpc) is 3.10. The fourth-order valence-electron chi connectivity index (χ4n) is 2.63. The van der Waals surface area contributed by atoms with Gasteiger partial charge in [-0.3, -0.25) is 4.79 Å². The molecule has 0 aliphatic carbocycles. The Kier molecular flexibility index (Phi) is 34.1. The van der Waals surface area contributed by atoms with Crippen molar-refractivity contribution in [1.82, 2.24) is 4.57 Å². The van der Waals surface area contributed by atoms with Gasteiger partial charge in [-0.25, -0.2) is 4.39 Å². The lowest BCUT2D eigenvalue weighted by atomic mass is 9.96. The van der Waals surface area contributed by atoms with Gasteiger partial charge in [0.1, 0.15) is 5.82 Å². The van der Waals surface area contributed by atoms with Crippen LogP contribution in [0.15, 0.2) is 24.4 Å². The van der Waals surface area contributed by atoms with Crippen LogP contribution in [0.1, 0.15) is 113 Å². The minimum atomic E-state index is -0.250. The Morgan fingerprint density at radius 3 is 1.88 bits per heavy atom. The minimum Gasteiger partial charge on any atom is -0.483 e. The van der Waals surface area contributed by atoms with Crippen molar-refractivity contribution < 1.29 is 14.3 Å². The van der Waals surface area contributed by atoms with Gasteiger partial charge in [0.25, 0.3) is 6.47 Å². The van der Waals surface area contributed by atoms with Gasteiger partial charge in [-0.2, -0.15) is 0 Å². The molecule has 2 aromatic rings. The first-order valence-electron chi connectivity index (χ1n) is 12.7. The number of unbranched alkanes of at least 4 members (excludes halogenated alkanes) is 2. The second-order valence-corrected chi connectivity index (χ2v) is 7.19. The van der Waals surface area contributed by atoms with E-state index in [0.29, 0.717) is 5.92 Å². The molecule has 0 fully saturated rings. The number of carboxylic acid groups (broad SMARTS) is 1. The molecule has 1 N–H and O–H groups in total. The Hall–Kier alpha value is -1.84. The van der Waals surface area contributed by atoms with Crippen molar-refractivity contribution in [1.29, 1.82) is 0 Å². The number of aryl methyl sites for hydroxylation is 1. The molecule has 4 heteroatoms. The Morgan fingerprint density at radius 1 is 1.00 bits per heavy atom. The lowest BCUT2D eigenvalue weighted by Gasteiger charge is -2.09. The van der Waals surface area contributed by atoms with E-state index in [1.54, 1.807) is 12.1 Å². The van der Waals surface area contributed by atoms with Gasteiger partial charge >= 0.3 is 0 Å². The largest absolute Gasteiger partial charge is 0.483 e. The van der Waals surface area contributed by atoms with Crippen LogP contribution < -0.4 is 0 Å². The van der Waals surface area contributed by atoms with Gasteiger partial charge in [0.05, 0.1) is 5.52 Å². The molecule has 1 unspecified atom stereocenters. The molecule has 0 amide bonds. The van der Waals surface area contributed by atoms with Crippen LogP contribution >= 0.6 is 0 Å². The Labute approximate surface area is 199 Å². The van der Waals surface area contributed by atoms with Crippen LogP contribution in [0.5, 0.6) is 0 Å². The number of rotatable bonds is 6. The molecule has 3 nitrogen and oxygen atoms in total. The molecule has 1 heterocycles. The second kappa shape index (κ2) is 29.2. The normalized spacial score (nSPS) is 9.62. The average molecular weight is 456 g/mol. The van der Waals surface area contributed by atoms with Crippen LogP contribution in [0.2, 0.25) is 0 Å². The zero-order valence-corrected chi connectivity index (χ0v) is 23.1. The van der Waals surface area contributed by atoms with E-state index in [9.17, 15) is 4.39 Å². The van der Waals surface area contributed by atoms with Gasteiger partial charge in [-0.15, -0.1) is 0 Å². The number of fused-ring (bicyclic) bond motifs is 1. The topological polar surface area (TPSA) is 42.2 Å². The molecular weight excluding hydrogens is 401 g/mol. The van der Waals surface area contributed by atoms with Crippen LogP contribution in [0.25, 0.3) is 10.9 Å². The van der Waals surface area contributed by atoms with Gasteiger partial charge in [-0.05, 0) is 36.1 Å². The van der Waals surface area contributed by atoms with Gasteiger partial charge in [0.2, 0.25) is 0 Å². The summed E-state index contributed by atoms with van der Waals surface area (Å²) in [7, 11) is 1.99. The highest BCUT2D eigenvalue weighted by atomic mass is 19.1. The van der Waals surface area contributed by atoms with Crippen molar-refractivity contribution in [3.05, 3.63) is 35.8 Å². The Balaban J connectivity index is -0.000000234. The lowest BCUT2D eigenvalue weighted by Crippen LogP contribution is -1.99. The smallest absolute Gasteiger partial charge is 0.290 e. The molecule has 1 aromatic heterocycles. The first kappa shape index (κ1) is 37.5. The fourth-order valence-corrected chi connectivity index (χ4v) is 2.63. The number of aromatic nitrogens is 1. The van der Waals surface area contributed by atoms with Crippen molar-refractivity contribution in [2.75, 3.05) is 0 Å². The molecule has 0 saturated heterocycles. The van der Waals surface area contributed by atoms with Crippen LogP contribution in [-0.4, -0.2) is 16.1 Å². The van der Waals surface area contributed by atoms with Gasteiger partial charge in [0, 0.05) is 18.6 Å². The number of hydrogen-bond donors (Lipinski definition) is 1. The van der Waals surface area contributed by atoms with Crippen molar-refractivity contribution in [2.45, 2.75) is 114 Å². The van der Waals surface area contributed by atoms with Gasteiger partial charge in [0.15, 0.2) is 0 Å². The summed E-state index contributed by atoms with van der Waals surface area (Å²) in [6.07, 6.45) is 10.9. The SMILES string of the molecule is CC.CC.CCC.CCCC.CCCCC(C)Cc1cn(C)c2cc(F)ccc12.O=CO. The summed E-state index contributed by atoms with van der Waals surface area (Å²) in [6.45, 7) is 20.9. The van der Waals surface area contributed by atoms with E-state index in [1.807, 2.05) is 45.4 Å². The Bertz CT molecular complexity index is 621. The molecule has 0 saturated carbocycles. The van der Waals surface area contributed by atoms with Crippen LogP contribution in [0.3, 0.4) is 0 Å². The highest BCUT2D eigenvalue weighted by molar-refractivity contribution is 5.84. The van der Waals surface area contributed by atoms with E-state index in [0.717, 1.165) is 11.9 Å². The first-order valence-corrected chi connectivity index (χ1v) is 12.7. The molecular formula is C28H54FNO2. The maximum Gasteiger partial charge on any atom is 0.290 e. The molecule has 1 atom stereocenters. The number of halogens is 1. The van der Waals surface area contributed by atoms with E-state index < -0.39 is 0 Å². The number of nitrogens with zero attached hydrogens (tertiary/aromatic N) is 1. The summed E-state index contributed by atoms with van der Waals surface area (Å²) in [5.41, 5.74) is 2.34. The molecule has 0 aliphatic heterocycles. The van der Waals surface area contributed by atoms with E-state index in [4.69, 9.17) is 9.90 Å². The standard InChI is InChI=1S/C16H22FN.C4H10.C3H8.2C2H6.CH2O2/c1-4-5-6-12(2)9-13-11-18(3)16-10-14(17)7-8-15(13)16;1-3-4-2;1-3-2;2*1-2;2-1-3/h7-8,10-12H,4-6,9H2,1-3H3;3-4H2,1-2H3;3H2,1-2H3;2*1-2H3;1H,(H,2,3). The molecule has 32 heavy (non-hydrogen) atoms. The maximum atomic E-state index is 13.2. The quantitative estimate of drug-likeness (QED) is 0.440. The van der Waals surface area contributed by atoms with Crippen LogP contribution in [-0.2, 0) is 18.3 Å². The summed E-state index contributed by atoms with van der Waals surface area (Å²) < 4.78 is 15.3. The predicted octanol–water partition coefficient (Wildman–Crippen LogP) is 9.66. The van der Waals surface area contributed by atoms with E-state index in [2.05, 4.69) is 47.7 Å². The van der Waals surface area contributed by atoms with E-state index in [1.165, 1.54) is 49.5 Å². The molecule has 1 aromatic carbocycles. The minimum absolute atomic E-state index is 0.158. The molecule has 190 valence electrons. The number of carbonyl (C=O) groups is 1. The second-order valence-electron chi connectivity index (χ2n) is 7.19. The predicted molar refractivity (Wildman–Crippen MR) is 143 cm³/mol. The highest BCUT2D eigenvalue weighted by Crippen LogP contribution is 2.25. The summed E-state index contributed by atoms with van der Waals surface area (Å²) >= 11 is 0. The summed E-state index contributed by atoms with van der Waals surface area (Å²) in [4.78, 5) is 8.36. The van der Waals surface area contributed by atoms with Gasteiger partial charge < -0.3 is 9.67 Å². The lowest BCUT2D eigenvalue weighted by molar-refractivity contribution is -0.122. The van der Waals surface area contributed by atoms with E-state index >= 15 is 0 Å². The molecule has 0 radical (unpaired) electrons. The molecule has 2 rings (SSSR count). The summed E-state index contributed by atoms with van der Waals surface area (Å²) in [5, 5.41) is 8.09.